The lowest BCUT2D eigenvalue weighted by Gasteiger charge is -2.11. The van der Waals surface area contributed by atoms with E-state index in [0.717, 1.165) is 12.1 Å². The van der Waals surface area contributed by atoms with Gasteiger partial charge in [-0.1, -0.05) is 11.6 Å². The van der Waals surface area contributed by atoms with Gasteiger partial charge in [-0.15, -0.1) is 0 Å². The van der Waals surface area contributed by atoms with E-state index in [0.29, 0.717) is 6.07 Å². The summed E-state index contributed by atoms with van der Waals surface area (Å²) in [6.07, 6.45) is -4.72. The first-order valence-corrected chi connectivity index (χ1v) is 6.40. The molecule has 0 heterocycles. The maximum Gasteiger partial charge on any atom is 0.417 e. The predicted octanol–water partition coefficient (Wildman–Crippen LogP) is 2.24. The van der Waals surface area contributed by atoms with Crippen LogP contribution in [0.1, 0.15) is 5.56 Å². The number of hydrogen-bond donors (Lipinski definition) is 1. The molecule has 0 aromatic heterocycles. The van der Waals surface area contributed by atoms with Crippen molar-refractivity contribution in [3.05, 3.63) is 28.8 Å². The molecule has 0 saturated heterocycles. The van der Waals surface area contributed by atoms with Crippen LogP contribution in [-0.2, 0) is 20.9 Å². The lowest BCUT2D eigenvalue weighted by molar-refractivity contribution is -0.137. The number of methoxy groups -OCH3 is 1. The summed E-state index contributed by atoms with van der Waals surface area (Å²) in [4.78, 5) is -0.531. The molecule has 1 aromatic carbocycles. The minimum Gasteiger partial charge on any atom is -0.369 e. The van der Waals surface area contributed by atoms with Crippen molar-refractivity contribution < 1.29 is 26.3 Å². The van der Waals surface area contributed by atoms with Crippen LogP contribution >= 0.6 is 11.6 Å². The first-order valence-electron chi connectivity index (χ1n) is 4.54. The van der Waals surface area contributed by atoms with Gasteiger partial charge in [-0.05, 0) is 18.2 Å². The molecule has 18 heavy (non-hydrogen) atoms. The van der Waals surface area contributed by atoms with Gasteiger partial charge in [0.25, 0.3) is 0 Å². The van der Waals surface area contributed by atoms with E-state index in [1.807, 2.05) is 4.72 Å². The molecule has 0 aliphatic rings. The molecule has 9 heteroatoms. The minimum absolute atomic E-state index is 0.341. The number of alkyl halides is 3. The van der Waals surface area contributed by atoms with Crippen LogP contribution in [0.25, 0.3) is 0 Å². The SMILES string of the molecule is COCNS(=O)(=O)c1ccc(Cl)c(C(F)(F)F)c1. The van der Waals surface area contributed by atoms with Gasteiger partial charge in [-0.3, -0.25) is 0 Å². The number of benzene rings is 1. The summed E-state index contributed by atoms with van der Waals surface area (Å²) in [7, 11) is -2.81. The van der Waals surface area contributed by atoms with E-state index < -0.39 is 31.7 Å². The third-order valence-corrected chi connectivity index (χ3v) is 3.65. The van der Waals surface area contributed by atoms with E-state index >= 15 is 0 Å². The van der Waals surface area contributed by atoms with Gasteiger partial charge in [0, 0.05) is 7.11 Å². The predicted molar refractivity (Wildman–Crippen MR) is 58.7 cm³/mol. The normalized spacial score (nSPS) is 12.7. The van der Waals surface area contributed by atoms with Gasteiger partial charge >= 0.3 is 6.18 Å². The Balaban J connectivity index is 3.21. The van der Waals surface area contributed by atoms with Crippen LogP contribution in [0.3, 0.4) is 0 Å². The van der Waals surface area contributed by atoms with Crippen LogP contribution in [0, 0.1) is 0 Å². The van der Waals surface area contributed by atoms with Gasteiger partial charge in [-0.25, -0.2) is 8.42 Å². The van der Waals surface area contributed by atoms with Gasteiger partial charge in [0.2, 0.25) is 10.0 Å². The fourth-order valence-electron chi connectivity index (χ4n) is 1.11. The Bertz CT molecular complexity index is 530. The third-order valence-electron chi connectivity index (χ3n) is 1.95. The van der Waals surface area contributed by atoms with Gasteiger partial charge in [0.15, 0.2) is 0 Å². The number of hydrogen-bond acceptors (Lipinski definition) is 3. The van der Waals surface area contributed by atoms with Gasteiger partial charge in [-0.2, -0.15) is 17.9 Å². The molecule has 0 atom stereocenters. The maximum atomic E-state index is 12.5. The maximum absolute atomic E-state index is 12.5. The van der Waals surface area contributed by atoms with Crippen molar-refractivity contribution in [2.75, 3.05) is 13.8 Å². The molecule has 0 aliphatic heterocycles. The molecule has 1 aromatic rings. The number of halogens is 4. The molecule has 102 valence electrons. The first-order chi connectivity index (χ1) is 8.18. The molecule has 0 saturated carbocycles. The molecule has 0 aliphatic carbocycles. The summed E-state index contributed by atoms with van der Waals surface area (Å²) in [5.41, 5.74) is -1.20. The summed E-state index contributed by atoms with van der Waals surface area (Å²) < 4.78 is 67.2. The fraction of sp³-hybridized carbons (Fsp3) is 0.333. The summed E-state index contributed by atoms with van der Waals surface area (Å²) in [5.74, 6) is 0. The Hall–Kier alpha value is -0.830. The van der Waals surface area contributed by atoms with Crippen LogP contribution < -0.4 is 4.72 Å². The zero-order valence-corrected chi connectivity index (χ0v) is 10.7. The largest absolute Gasteiger partial charge is 0.417 e. The van der Waals surface area contributed by atoms with Gasteiger partial charge in [0.05, 0.1) is 15.5 Å². The highest BCUT2D eigenvalue weighted by Gasteiger charge is 2.34. The summed E-state index contributed by atoms with van der Waals surface area (Å²) in [6, 6.07) is 2.33. The van der Waals surface area contributed by atoms with Crippen LogP contribution in [0.15, 0.2) is 23.1 Å². The molecular weight excluding hydrogens is 295 g/mol. The zero-order valence-electron chi connectivity index (χ0n) is 9.08. The molecule has 0 amide bonds. The van der Waals surface area contributed by atoms with Gasteiger partial charge < -0.3 is 4.74 Å². The molecule has 1 N–H and O–H groups in total. The molecule has 0 spiro atoms. The molecule has 1 rings (SSSR count). The van der Waals surface area contributed by atoms with Crippen LogP contribution in [0.4, 0.5) is 13.2 Å². The van der Waals surface area contributed by atoms with E-state index in [-0.39, 0.29) is 6.73 Å². The van der Waals surface area contributed by atoms with Crippen molar-refractivity contribution in [1.82, 2.24) is 4.72 Å². The average Bonchev–Trinajstić information content (AvgIpc) is 2.25. The van der Waals surface area contributed by atoms with Crippen LogP contribution in [0.5, 0.6) is 0 Å². The van der Waals surface area contributed by atoms with Crippen molar-refractivity contribution >= 4 is 21.6 Å². The quantitative estimate of drug-likeness (QED) is 0.868. The van der Waals surface area contributed by atoms with Crippen LogP contribution in [0.2, 0.25) is 5.02 Å². The second-order valence-electron chi connectivity index (χ2n) is 3.22. The molecule has 0 fully saturated rings. The van der Waals surface area contributed by atoms with Crippen molar-refractivity contribution in [1.29, 1.82) is 0 Å². The standard InChI is InChI=1S/C9H9ClF3NO3S/c1-17-5-14-18(15,16)6-2-3-8(10)7(4-6)9(11,12)13/h2-4,14H,5H2,1H3. The highest BCUT2D eigenvalue weighted by atomic mass is 35.5. The monoisotopic (exact) mass is 303 g/mol. The molecule has 0 radical (unpaired) electrons. The number of sulfonamides is 1. The van der Waals surface area contributed by atoms with Crippen LogP contribution in [-0.4, -0.2) is 22.3 Å². The Kier molecular flexibility index (Phi) is 4.60. The molecule has 0 bridgehead atoms. The lowest BCUT2D eigenvalue weighted by atomic mass is 10.2. The van der Waals surface area contributed by atoms with E-state index in [4.69, 9.17) is 11.6 Å². The third kappa shape index (κ3) is 3.58. The van der Waals surface area contributed by atoms with Gasteiger partial charge in [0.1, 0.15) is 6.73 Å². The van der Waals surface area contributed by atoms with E-state index in [2.05, 4.69) is 4.74 Å². The average molecular weight is 304 g/mol. The minimum atomic E-state index is -4.72. The summed E-state index contributed by atoms with van der Waals surface area (Å²) in [5, 5.41) is -0.562. The lowest BCUT2D eigenvalue weighted by Crippen LogP contribution is -2.26. The van der Waals surface area contributed by atoms with Crippen molar-refractivity contribution in [2.24, 2.45) is 0 Å². The number of nitrogens with one attached hydrogen (secondary N) is 1. The van der Waals surface area contributed by atoms with Crippen molar-refractivity contribution in [3.8, 4) is 0 Å². The highest BCUT2D eigenvalue weighted by Crippen LogP contribution is 2.35. The summed E-state index contributed by atoms with van der Waals surface area (Å²) in [6.45, 7) is -0.341. The summed E-state index contributed by atoms with van der Waals surface area (Å²) >= 11 is 5.38. The van der Waals surface area contributed by atoms with Crippen molar-refractivity contribution in [3.63, 3.8) is 0 Å². The molecule has 4 nitrogen and oxygen atoms in total. The number of rotatable bonds is 4. The highest BCUT2D eigenvalue weighted by molar-refractivity contribution is 7.89. The zero-order chi connectivity index (χ0) is 14.0. The smallest absolute Gasteiger partial charge is 0.369 e. The molecule has 0 unspecified atom stereocenters. The Morgan fingerprint density at radius 3 is 2.50 bits per heavy atom. The van der Waals surface area contributed by atoms with E-state index in [1.165, 1.54) is 7.11 Å². The van der Waals surface area contributed by atoms with Crippen molar-refractivity contribution in [2.45, 2.75) is 11.1 Å². The number of ether oxygens (including phenoxy) is 1. The Labute approximate surface area is 107 Å². The topological polar surface area (TPSA) is 55.4 Å². The second kappa shape index (κ2) is 5.43. The van der Waals surface area contributed by atoms with E-state index in [1.54, 1.807) is 0 Å². The Morgan fingerprint density at radius 1 is 1.39 bits per heavy atom. The fourth-order valence-corrected chi connectivity index (χ4v) is 2.29. The second-order valence-corrected chi connectivity index (χ2v) is 5.39. The molecular formula is C9H9ClF3NO3S. The van der Waals surface area contributed by atoms with E-state index in [9.17, 15) is 21.6 Å². The first kappa shape index (κ1) is 15.2. The Morgan fingerprint density at radius 2 is 2.00 bits per heavy atom.